The van der Waals surface area contributed by atoms with E-state index in [1.54, 1.807) is 0 Å². The van der Waals surface area contributed by atoms with Gasteiger partial charge in [0.25, 0.3) is 0 Å². The van der Waals surface area contributed by atoms with Crippen LogP contribution in [0.5, 0.6) is 0 Å². The van der Waals surface area contributed by atoms with Crippen LogP contribution < -0.4 is 5.73 Å². The fourth-order valence-corrected chi connectivity index (χ4v) is 2.72. The molecular weight excluding hydrogens is 268 g/mol. The van der Waals surface area contributed by atoms with Crippen LogP contribution in [0.4, 0.5) is 0 Å². The Morgan fingerprint density at radius 1 is 1.56 bits per heavy atom. The number of rotatable bonds is 2. The van der Waals surface area contributed by atoms with Crippen molar-refractivity contribution in [2.24, 2.45) is 5.73 Å². The molecule has 1 heterocycles. The number of carbonyl (C=O) groups excluding carboxylic acids is 1. The summed E-state index contributed by atoms with van der Waals surface area (Å²) in [5.74, 6) is 0.153. The zero-order valence-corrected chi connectivity index (χ0v) is 10.8. The zero-order chi connectivity index (χ0) is 11.7. The Hall–Kier alpha value is -0.870. The third kappa shape index (κ3) is 1.99. The van der Waals surface area contributed by atoms with Gasteiger partial charge in [0.1, 0.15) is 0 Å². The normalized spacial score (nSPS) is 25.2. The molecule has 0 bridgehead atoms. The first-order valence-electron chi connectivity index (χ1n) is 5.44. The predicted molar refractivity (Wildman–Crippen MR) is 66.9 cm³/mol. The highest BCUT2D eigenvalue weighted by Gasteiger charge is 2.37. The molecule has 1 aliphatic rings. The summed E-state index contributed by atoms with van der Waals surface area (Å²) in [5, 5.41) is 0. The van der Waals surface area contributed by atoms with Crippen LogP contribution in [0.25, 0.3) is 0 Å². The van der Waals surface area contributed by atoms with Gasteiger partial charge in [-0.2, -0.15) is 0 Å². The highest BCUT2D eigenvalue weighted by molar-refractivity contribution is 9.10. The molecule has 0 spiro atoms. The van der Waals surface area contributed by atoms with Crippen molar-refractivity contribution in [3.05, 3.63) is 34.3 Å². The second kappa shape index (κ2) is 4.55. The molecule has 1 saturated heterocycles. The second-order valence-corrected chi connectivity index (χ2v) is 4.96. The molecule has 2 N–H and O–H groups in total. The van der Waals surface area contributed by atoms with Crippen molar-refractivity contribution in [2.45, 2.75) is 25.4 Å². The lowest BCUT2D eigenvalue weighted by Gasteiger charge is -2.26. The number of likely N-dealkylation sites (N-methyl/N-ethyl adjacent to an activating group) is 1. The summed E-state index contributed by atoms with van der Waals surface area (Å²) >= 11 is 3.44. The van der Waals surface area contributed by atoms with Crippen LogP contribution in [-0.2, 0) is 4.79 Å². The van der Waals surface area contributed by atoms with Gasteiger partial charge in [-0.25, -0.2) is 0 Å². The summed E-state index contributed by atoms with van der Waals surface area (Å²) in [4.78, 5) is 13.6. The highest BCUT2D eigenvalue weighted by Crippen LogP contribution is 2.32. The molecule has 1 aliphatic heterocycles. The fourth-order valence-electron chi connectivity index (χ4n) is 2.31. The van der Waals surface area contributed by atoms with E-state index in [4.69, 9.17) is 5.73 Å². The van der Waals surface area contributed by atoms with E-state index in [0.717, 1.165) is 10.0 Å². The Morgan fingerprint density at radius 2 is 2.31 bits per heavy atom. The van der Waals surface area contributed by atoms with Gasteiger partial charge in [-0.15, -0.1) is 0 Å². The van der Waals surface area contributed by atoms with Crippen LogP contribution in [0.15, 0.2) is 28.7 Å². The van der Waals surface area contributed by atoms with Crippen molar-refractivity contribution in [2.75, 3.05) is 6.54 Å². The molecule has 16 heavy (non-hydrogen) atoms. The summed E-state index contributed by atoms with van der Waals surface area (Å²) < 4.78 is 1.02. The zero-order valence-electron chi connectivity index (χ0n) is 9.19. The van der Waals surface area contributed by atoms with E-state index < -0.39 is 0 Å². The van der Waals surface area contributed by atoms with E-state index in [9.17, 15) is 4.79 Å². The molecule has 4 heteroatoms. The van der Waals surface area contributed by atoms with Gasteiger partial charge in [-0.1, -0.05) is 28.1 Å². The molecule has 1 fully saturated rings. The molecule has 0 aromatic heterocycles. The van der Waals surface area contributed by atoms with Gasteiger partial charge in [0, 0.05) is 23.5 Å². The number of halogens is 1. The Morgan fingerprint density at radius 3 is 2.94 bits per heavy atom. The number of carbonyl (C=O) groups is 1. The SMILES string of the molecule is CCN1C(=O)C[C@H](N)[C@H]1c1cccc(Br)c1. The molecule has 1 aromatic rings. The molecule has 1 aromatic carbocycles. The Balaban J connectivity index is 2.35. The fraction of sp³-hybridized carbons (Fsp3) is 0.417. The molecule has 2 atom stereocenters. The van der Waals surface area contributed by atoms with Gasteiger partial charge in [-0.05, 0) is 24.6 Å². The lowest BCUT2D eigenvalue weighted by Crippen LogP contribution is -2.32. The van der Waals surface area contributed by atoms with Crippen LogP contribution in [0.1, 0.15) is 24.9 Å². The molecule has 86 valence electrons. The maximum atomic E-state index is 11.7. The summed E-state index contributed by atoms with van der Waals surface area (Å²) in [5.41, 5.74) is 7.15. The van der Waals surface area contributed by atoms with Crippen molar-refractivity contribution in [1.82, 2.24) is 4.90 Å². The van der Waals surface area contributed by atoms with Crippen LogP contribution in [0, 0.1) is 0 Å². The number of hydrogen-bond acceptors (Lipinski definition) is 2. The summed E-state index contributed by atoms with van der Waals surface area (Å²) in [6.07, 6.45) is 0.449. The van der Waals surface area contributed by atoms with Crippen molar-refractivity contribution in [3.8, 4) is 0 Å². The van der Waals surface area contributed by atoms with Crippen molar-refractivity contribution in [1.29, 1.82) is 0 Å². The lowest BCUT2D eigenvalue weighted by atomic mass is 10.0. The average Bonchev–Trinajstić information content (AvgIpc) is 2.52. The number of nitrogens with two attached hydrogens (primary N) is 1. The van der Waals surface area contributed by atoms with E-state index in [1.807, 2.05) is 36.1 Å². The maximum absolute atomic E-state index is 11.7. The van der Waals surface area contributed by atoms with Gasteiger partial charge in [0.15, 0.2) is 0 Å². The summed E-state index contributed by atoms with van der Waals surface area (Å²) in [6, 6.07) is 7.93. The largest absolute Gasteiger partial charge is 0.334 e. The predicted octanol–water partition coefficient (Wildman–Crippen LogP) is 2.07. The molecule has 3 nitrogen and oxygen atoms in total. The van der Waals surface area contributed by atoms with Crippen LogP contribution in [0.2, 0.25) is 0 Å². The van der Waals surface area contributed by atoms with E-state index >= 15 is 0 Å². The Labute approximate surface area is 104 Å². The monoisotopic (exact) mass is 282 g/mol. The first-order chi connectivity index (χ1) is 7.63. The molecular formula is C12H15BrN2O. The first kappa shape index (κ1) is 11.6. The number of nitrogens with zero attached hydrogens (tertiary/aromatic N) is 1. The van der Waals surface area contributed by atoms with E-state index in [2.05, 4.69) is 15.9 Å². The number of benzene rings is 1. The van der Waals surface area contributed by atoms with Crippen LogP contribution in [0.3, 0.4) is 0 Å². The maximum Gasteiger partial charge on any atom is 0.224 e. The van der Waals surface area contributed by atoms with E-state index in [-0.39, 0.29) is 18.0 Å². The van der Waals surface area contributed by atoms with Crippen molar-refractivity contribution >= 4 is 21.8 Å². The topological polar surface area (TPSA) is 46.3 Å². The summed E-state index contributed by atoms with van der Waals surface area (Å²) in [6.45, 7) is 2.70. The molecule has 0 saturated carbocycles. The lowest BCUT2D eigenvalue weighted by molar-refractivity contribution is -0.128. The highest BCUT2D eigenvalue weighted by atomic mass is 79.9. The quantitative estimate of drug-likeness (QED) is 0.903. The minimum atomic E-state index is -0.0956. The smallest absolute Gasteiger partial charge is 0.224 e. The standard InChI is InChI=1S/C12H15BrN2O/c1-2-15-11(16)7-10(14)12(15)8-4-3-5-9(13)6-8/h3-6,10,12H,2,7,14H2,1H3/t10-,12+/m0/s1. The third-order valence-electron chi connectivity index (χ3n) is 3.00. The summed E-state index contributed by atoms with van der Waals surface area (Å²) in [7, 11) is 0. The Kier molecular flexibility index (Phi) is 3.30. The average molecular weight is 283 g/mol. The van der Waals surface area contributed by atoms with Crippen LogP contribution in [-0.4, -0.2) is 23.4 Å². The first-order valence-corrected chi connectivity index (χ1v) is 6.23. The molecule has 2 rings (SSSR count). The van der Waals surface area contributed by atoms with Gasteiger partial charge in [0.05, 0.1) is 6.04 Å². The van der Waals surface area contributed by atoms with Crippen LogP contribution >= 0.6 is 15.9 Å². The van der Waals surface area contributed by atoms with E-state index in [0.29, 0.717) is 13.0 Å². The minimum Gasteiger partial charge on any atom is -0.334 e. The number of likely N-dealkylation sites (tertiary alicyclic amines) is 1. The van der Waals surface area contributed by atoms with Gasteiger partial charge in [-0.3, -0.25) is 4.79 Å². The van der Waals surface area contributed by atoms with Gasteiger partial charge >= 0.3 is 0 Å². The molecule has 1 amide bonds. The van der Waals surface area contributed by atoms with Crippen molar-refractivity contribution in [3.63, 3.8) is 0 Å². The van der Waals surface area contributed by atoms with Crippen molar-refractivity contribution < 1.29 is 4.79 Å². The second-order valence-electron chi connectivity index (χ2n) is 4.05. The molecule has 0 aliphatic carbocycles. The minimum absolute atomic E-state index is 0.0231. The van der Waals surface area contributed by atoms with E-state index in [1.165, 1.54) is 0 Å². The van der Waals surface area contributed by atoms with Gasteiger partial charge in [0.2, 0.25) is 5.91 Å². The third-order valence-corrected chi connectivity index (χ3v) is 3.50. The number of hydrogen-bond donors (Lipinski definition) is 1. The molecule has 0 radical (unpaired) electrons. The molecule has 0 unspecified atom stereocenters. The Bertz CT molecular complexity index is 408. The number of amides is 1. The van der Waals surface area contributed by atoms with Gasteiger partial charge < -0.3 is 10.6 Å².